The van der Waals surface area contributed by atoms with Gasteiger partial charge in [0, 0.05) is 19.7 Å². The fourth-order valence-electron chi connectivity index (χ4n) is 2.92. The van der Waals surface area contributed by atoms with Crippen LogP contribution in [0.1, 0.15) is 30.2 Å². The number of amides is 1. The van der Waals surface area contributed by atoms with Gasteiger partial charge >= 0.3 is 5.69 Å². The summed E-state index contributed by atoms with van der Waals surface area (Å²) < 4.78 is 3.64. The lowest BCUT2D eigenvalue weighted by molar-refractivity contribution is -0.118. The number of carbonyl (C=O) groups excluding carboxylic acids is 2. The van der Waals surface area contributed by atoms with Crippen molar-refractivity contribution in [3.8, 4) is 0 Å². The predicted molar refractivity (Wildman–Crippen MR) is 100 cm³/mol. The van der Waals surface area contributed by atoms with E-state index in [1.54, 1.807) is 31.2 Å². The van der Waals surface area contributed by atoms with Crippen molar-refractivity contribution in [2.75, 3.05) is 5.32 Å². The second-order valence-electron chi connectivity index (χ2n) is 6.30. The Bertz CT molecular complexity index is 1180. The molecular weight excluding hydrogens is 350 g/mol. The van der Waals surface area contributed by atoms with Gasteiger partial charge in [-0.25, -0.2) is 9.78 Å². The lowest BCUT2D eigenvalue weighted by Gasteiger charge is -2.16. The number of para-hydroxylation sites is 1. The Hall–Kier alpha value is -3.49. The van der Waals surface area contributed by atoms with Crippen LogP contribution in [0.25, 0.3) is 11.2 Å². The highest BCUT2D eigenvalue weighted by Gasteiger charge is 2.22. The normalized spacial score (nSPS) is 12.1. The molecule has 0 aliphatic heterocycles. The monoisotopic (exact) mass is 369 g/mol. The largest absolute Gasteiger partial charge is 0.332 e. The first-order chi connectivity index (χ1) is 12.7. The second-order valence-corrected chi connectivity index (χ2v) is 6.30. The summed E-state index contributed by atoms with van der Waals surface area (Å²) in [6, 6.07) is 5.89. The molecule has 3 rings (SSSR count). The minimum atomic E-state index is -0.791. The van der Waals surface area contributed by atoms with E-state index in [9.17, 15) is 19.2 Å². The van der Waals surface area contributed by atoms with Crippen LogP contribution in [0, 0.1) is 0 Å². The summed E-state index contributed by atoms with van der Waals surface area (Å²) in [5.41, 5.74) is 0.118. The molecule has 9 nitrogen and oxygen atoms in total. The van der Waals surface area contributed by atoms with E-state index in [1.165, 1.54) is 36.5 Å². The Labute approximate surface area is 153 Å². The molecule has 1 aromatic carbocycles. The van der Waals surface area contributed by atoms with Crippen LogP contribution < -0.4 is 16.6 Å². The van der Waals surface area contributed by atoms with Crippen molar-refractivity contribution in [2.45, 2.75) is 19.9 Å². The third-order valence-electron chi connectivity index (χ3n) is 4.53. The summed E-state index contributed by atoms with van der Waals surface area (Å²) in [6.45, 7) is 3.03. The van der Waals surface area contributed by atoms with Crippen LogP contribution in [0.15, 0.2) is 40.2 Å². The number of aryl methyl sites for hydroxylation is 1. The van der Waals surface area contributed by atoms with Crippen LogP contribution in [-0.2, 0) is 18.9 Å². The molecule has 0 fully saturated rings. The molecule has 0 aliphatic rings. The molecule has 1 unspecified atom stereocenters. The minimum absolute atomic E-state index is 0.155. The zero-order valence-electron chi connectivity index (χ0n) is 15.4. The van der Waals surface area contributed by atoms with Crippen LogP contribution in [0.4, 0.5) is 5.69 Å². The molecule has 0 saturated heterocycles. The number of fused-ring (bicyclic) bond motifs is 1. The number of ketones is 1. The Kier molecular flexibility index (Phi) is 4.52. The fraction of sp³-hybridized carbons (Fsp3) is 0.278. The smallest absolute Gasteiger partial charge is 0.324 e. The number of hydrogen-bond acceptors (Lipinski definition) is 5. The van der Waals surface area contributed by atoms with Gasteiger partial charge in [0.15, 0.2) is 16.9 Å². The van der Waals surface area contributed by atoms with Gasteiger partial charge in [-0.1, -0.05) is 12.1 Å². The van der Waals surface area contributed by atoms with Crippen molar-refractivity contribution >= 4 is 28.5 Å². The molecule has 2 heterocycles. The number of anilines is 1. The van der Waals surface area contributed by atoms with Crippen LogP contribution >= 0.6 is 0 Å². The van der Waals surface area contributed by atoms with Gasteiger partial charge in [0.05, 0.1) is 12.0 Å². The molecule has 140 valence electrons. The van der Waals surface area contributed by atoms with E-state index in [0.29, 0.717) is 11.3 Å². The van der Waals surface area contributed by atoms with Gasteiger partial charge in [-0.3, -0.25) is 23.5 Å². The summed E-state index contributed by atoms with van der Waals surface area (Å²) in [4.78, 5) is 53.1. The molecule has 1 N–H and O–H groups in total. The van der Waals surface area contributed by atoms with Crippen molar-refractivity contribution in [1.29, 1.82) is 0 Å². The number of aromatic nitrogens is 4. The third kappa shape index (κ3) is 2.97. The topological polar surface area (TPSA) is 108 Å². The zero-order valence-corrected chi connectivity index (χ0v) is 15.4. The van der Waals surface area contributed by atoms with Gasteiger partial charge in [-0.2, -0.15) is 0 Å². The molecule has 1 atom stereocenters. The molecule has 0 radical (unpaired) electrons. The predicted octanol–water partition coefficient (Wildman–Crippen LogP) is 0.836. The average molecular weight is 369 g/mol. The van der Waals surface area contributed by atoms with Crippen LogP contribution in [-0.4, -0.2) is 30.4 Å². The maximum atomic E-state index is 12.7. The van der Waals surface area contributed by atoms with E-state index in [4.69, 9.17) is 0 Å². The zero-order chi connectivity index (χ0) is 19.9. The van der Waals surface area contributed by atoms with Crippen molar-refractivity contribution in [1.82, 2.24) is 18.7 Å². The summed E-state index contributed by atoms with van der Waals surface area (Å²) in [5.74, 6) is -0.589. The summed E-state index contributed by atoms with van der Waals surface area (Å²) in [7, 11) is 2.88. The number of nitrogens with one attached hydrogen (secondary N) is 1. The summed E-state index contributed by atoms with van der Waals surface area (Å²) in [6.07, 6.45) is 1.35. The van der Waals surface area contributed by atoms with Crippen LogP contribution in [0.3, 0.4) is 0 Å². The standard InChI is InChI=1S/C18H19N5O4/c1-10(16(25)20-13-8-6-5-7-12(13)11(2)24)23-9-19-15-14(23)17(26)22(4)18(27)21(15)3/h5-10H,1-4H3,(H,20,25). The highest BCUT2D eigenvalue weighted by atomic mass is 16.2. The van der Waals surface area contributed by atoms with E-state index in [0.717, 1.165) is 4.57 Å². The first-order valence-corrected chi connectivity index (χ1v) is 8.27. The molecule has 0 spiro atoms. The molecule has 2 aromatic heterocycles. The van der Waals surface area contributed by atoms with Crippen molar-refractivity contribution < 1.29 is 9.59 Å². The number of rotatable bonds is 4. The quantitative estimate of drug-likeness (QED) is 0.686. The Morgan fingerprint density at radius 2 is 1.78 bits per heavy atom. The number of imidazole rings is 1. The van der Waals surface area contributed by atoms with Crippen molar-refractivity contribution in [3.63, 3.8) is 0 Å². The number of carbonyl (C=O) groups is 2. The van der Waals surface area contributed by atoms with E-state index in [1.807, 2.05) is 0 Å². The number of hydrogen-bond donors (Lipinski definition) is 1. The van der Waals surface area contributed by atoms with Crippen molar-refractivity contribution in [2.24, 2.45) is 14.1 Å². The molecule has 27 heavy (non-hydrogen) atoms. The first-order valence-electron chi connectivity index (χ1n) is 8.27. The lowest BCUT2D eigenvalue weighted by atomic mass is 10.1. The van der Waals surface area contributed by atoms with E-state index < -0.39 is 23.2 Å². The lowest BCUT2D eigenvalue weighted by Crippen LogP contribution is -2.38. The summed E-state index contributed by atoms with van der Waals surface area (Å²) in [5, 5.41) is 2.72. The molecule has 0 bridgehead atoms. The van der Waals surface area contributed by atoms with Gasteiger partial charge in [-0.15, -0.1) is 0 Å². The molecule has 9 heteroatoms. The number of nitrogens with zero attached hydrogens (tertiary/aromatic N) is 4. The first kappa shape index (κ1) is 18.3. The Morgan fingerprint density at radius 1 is 1.11 bits per heavy atom. The molecule has 0 aliphatic carbocycles. The highest BCUT2D eigenvalue weighted by Crippen LogP contribution is 2.19. The molecule has 0 saturated carbocycles. The second kappa shape index (κ2) is 6.67. The van der Waals surface area contributed by atoms with Gasteiger partial charge in [0.1, 0.15) is 6.04 Å². The SMILES string of the molecule is CC(=O)c1ccccc1NC(=O)C(C)n1cnc2c1c(=O)n(C)c(=O)n2C. The molecule has 3 aromatic rings. The van der Waals surface area contributed by atoms with E-state index in [-0.39, 0.29) is 16.9 Å². The molecule has 1 amide bonds. The van der Waals surface area contributed by atoms with Crippen molar-refractivity contribution in [3.05, 3.63) is 57.0 Å². The highest BCUT2D eigenvalue weighted by molar-refractivity contribution is 6.04. The van der Waals surface area contributed by atoms with Gasteiger partial charge in [0.2, 0.25) is 5.91 Å². The number of Topliss-reactive ketones (excluding diaryl/α,β-unsaturated/α-hetero) is 1. The van der Waals surface area contributed by atoms with Gasteiger partial charge in [-0.05, 0) is 26.0 Å². The number of benzene rings is 1. The Balaban J connectivity index is 2.03. The maximum Gasteiger partial charge on any atom is 0.332 e. The van der Waals surface area contributed by atoms with Gasteiger partial charge in [0.25, 0.3) is 5.56 Å². The third-order valence-corrected chi connectivity index (χ3v) is 4.53. The van der Waals surface area contributed by atoms with Gasteiger partial charge < -0.3 is 9.88 Å². The van der Waals surface area contributed by atoms with E-state index >= 15 is 0 Å². The fourth-order valence-corrected chi connectivity index (χ4v) is 2.92. The van der Waals surface area contributed by atoms with E-state index in [2.05, 4.69) is 10.3 Å². The summed E-state index contributed by atoms with van der Waals surface area (Å²) >= 11 is 0. The maximum absolute atomic E-state index is 12.7. The van der Waals surface area contributed by atoms with Crippen LogP contribution in [0.2, 0.25) is 0 Å². The Morgan fingerprint density at radius 3 is 2.44 bits per heavy atom. The van der Waals surface area contributed by atoms with Crippen LogP contribution in [0.5, 0.6) is 0 Å². The average Bonchev–Trinajstić information content (AvgIpc) is 3.09. The minimum Gasteiger partial charge on any atom is -0.324 e. The molecular formula is C18H19N5O4.